The van der Waals surface area contributed by atoms with Crippen molar-refractivity contribution in [3.05, 3.63) is 63.9 Å². The maximum Gasteiger partial charge on any atom is 0.267 e. The molecule has 0 aliphatic carbocycles. The highest BCUT2D eigenvalue weighted by Gasteiger charge is 2.25. The average molecular weight is 350 g/mol. The van der Waals surface area contributed by atoms with Crippen molar-refractivity contribution in [3.63, 3.8) is 0 Å². The molecule has 3 aromatic rings. The number of pyridine rings is 1. The minimum absolute atomic E-state index is 0.248. The van der Waals surface area contributed by atoms with E-state index >= 15 is 0 Å². The van der Waals surface area contributed by atoms with Crippen molar-refractivity contribution in [2.45, 2.75) is 19.4 Å². The number of hydrogen-bond donors (Lipinski definition) is 2. The summed E-state index contributed by atoms with van der Waals surface area (Å²) in [6.07, 6.45) is 1.67. The molecule has 0 radical (unpaired) electrons. The van der Waals surface area contributed by atoms with E-state index in [2.05, 4.69) is 5.32 Å². The summed E-state index contributed by atoms with van der Waals surface area (Å²) in [6.45, 7) is 0.529. The predicted octanol–water partition coefficient (Wildman–Crippen LogP) is 2.91. The van der Waals surface area contributed by atoms with Gasteiger partial charge in [0.2, 0.25) is 0 Å². The first kappa shape index (κ1) is 16.2. The number of rotatable bonds is 3. The van der Waals surface area contributed by atoms with Crippen LogP contribution in [0.1, 0.15) is 22.3 Å². The minimum Gasteiger partial charge on any atom is -0.506 e. The number of aryl methyl sites for hydroxylation is 2. The van der Waals surface area contributed by atoms with Gasteiger partial charge in [-0.15, -0.1) is 0 Å². The van der Waals surface area contributed by atoms with Crippen LogP contribution in [0.2, 0.25) is 0 Å². The number of hydrogen-bond acceptors (Lipinski definition) is 4. The van der Waals surface area contributed by atoms with Crippen molar-refractivity contribution in [1.82, 2.24) is 4.57 Å². The molecule has 1 aliphatic heterocycles. The van der Waals surface area contributed by atoms with Crippen molar-refractivity contribution >= 4 is 22.5 Å². The van der Waals surface area contributed by atoms with E-state index in [1.807, 2.05) is 12.1 Å². The Morgan fingerprint density at radius 1 is 1.19 bits per heavy atom. The monoisotopic (exact) mass is 350 g/mol. The van der Waals surface area contributed by atoms with Crippen molar-refractivity contribution < 1.29 is 14.6 Å². The van der Waals surface area contributed by atoms with Crippen molar-refractivity contribution in [1.29, 1.82) is 0 Å². The maximum atomic E-state index is 12.9. The Morgan fingerprint density at radius 3 is 2.81 bits per heavy atom. The molecule has 1 aromatic heterocycles. The quantitative estimate of drug-likeness (QED) is 0.761. The highest BCUT2D eigenvalue weighted by molar-refractivity contribution is 6.09. The van der Waals surface area contributed by atoms with Gasteiger partial charge in [0.15, 0.2) is 0 Å². The van der Waals surface area contributed by atoms with Crippen LogP contribution >= 0.6 is 0 Å². The lowest BCUT2D eigenvalue weighted by molar-refractivity contribution is 0.102. The average Bonchev–Trinajstić information content (AvgIpc) is 2.66. The molecule has 0 atom stereocenters. The molecule has 0 bridgehead atoms. The zero-order valence-corrected chi connectivity index (χ0v) is 14.3. The molecule has 4 rings (SSSR count). The molecule has 0 saturated carbocycles. The minimum atomic E-state index is -0.654. The lowest BCUT2D eigenvalue weighted by Gasteiger charge is -2.21. The van der Waals surface area contributed by atoms with Gasteiger partial charge < -0.3 is 19.7 Å². The third kappa shape index (κ3) is 2.42. The molecule has 132 valence electrons. The summed E-state index contributed by atoms with van der Waals surface area (Å²) in [5.41, 5.74) is 1.44. The third-order valence-electron chi connectivity index (χ3n) is 4.75. The first-order chi connectivity index (χ1) is 12.6. The predicted molar refractivity (Wildman–Crippen MR) is 99.1 cm³/mol. The molecule has 2 N–H and O–H groups in total. The Bertz CT molecular complexity index is 1090. The number of aromatic hydroxyl groups is 1. The zero-order valence-electron chi connectivity index (χ0n) is 14.3. The molecular weight excluding hydrogens is 332 g/mol. The van der Waals surface area contributed by atoms with Gasteiger partial charge in [-0.1, -0.05) is 24.3 Å². The SMILES string of the molecule is COc1ccccc1NC(=O)c1c(O)c2cccc3c2n(c1=O)CCC3. The van der Waals surface area contributed by atoms with E-state index in [9.17, 15) is 14.7 Å². The molecule has 2 aromatic carbocycles. The number of nitrogens with zero attached hydrogens (tertiary/aromatic N) is 1. The Labute approximate surface area is 149 Å². The lowest BCUT2D eigenvalue weighted by Crippen LogP contribution is -2.31. The highest BCUT2D eigenvalue weighted by atomic mass is 16.5. The summed E-state index contributed by atoms with van der Waals surface area (Å²) in [5, 5.41) is 13.9. The Morgan fingerprint density at radius 2 is 2.00 bits per heavy atom. The summed E-state index contributed by atoms with van der Waals surface area (Å²) >= 11 is 0. The molecule has 6 heteroatoms. The summed E-state index contributed by atoms with van der Waals surface area (Å²) in [6, 6.07) is 12.4. The number of anilines is 1. The van der Waals surface area contributed by atoms with Crippen LogP contribution in [0.3, 0.4) is 0 Å². The number of ether oxygens (including phenoxy) is 1. The van der Waals surface area contributed by atoms with Crippen molar-refractivity contribution in [3.8, 4) is 11.5 Å². The van der Waals surface area contributed by atoms with E-state index in [4.69, 9.17) is 4.74 Å². The van der Waals surface area contributed by atoms with E-state index in [-0.39, 0.29) is 11.3 Å². The fourth-order valence-electron chi connectivity index (χ4n) is 3.55. The van der Waals surface area contributed by atoms with Gasteiger partial charge in [-0.05, 0) is 36.6 Å². The number of aromatic nitrogens is 1. The van der Waals surface area contributed by atoms with Gasteiger partial charge in [0.05, 0.1) is 18.3 Å². The van der Waals surface area contributed by atoms with Crippen molar-refractivity contribution in [2.24, 2.45) is 0 Å². The summed E-state index contributed by atoms with van der Waals surface area (Å²) < 4.78 is 6.81. The van der Waals surface area contributed by atoms with Crippen LogP contribution in [0.25, 0.3) is 10.9 Å². The number of nitrogens with one attached hydrogen (secondary N) is 1. The van der Waals surface area contributed by atoms with Crippen LogP contribution in [0.4, 0.5) is 5.69 Å². The van der Waals surface area contributed by atoms with E-state index < -0.39 is 11.5 Å². The van der Waals surface area contributed by atoms with Gasteiger partial charge >= 0.3 is 0 Å². The summed E-state index contributed by atoms with van der Waals surface area (Å²) in [7, 11) is 1.50. The number of amides is 1. The Hall–Kier alpha value is -3.28. The molecule has 2 heterocycles. The van der Waals surface area contributed by atoms with Gasteiger partial charge in [-0.2, -0.15) is 0 Å². The molecule has 1 amide bonds. The molecule has 6 nitrogen and oxygen atoms in total. The highest BCUT2D eigenvalue weighted by Crippen LogP contribution is 2.32. The fourth-order valence-corrected chi connectivity index (χ4v) is 3.55. The topological polar surface area (TPSA) is 80.6 Å². The van der Waals surface area contributed by atoms with Crippen LogP contribution in [0.15, 0.2) is 47.3 Å². The maximum absolute atomic E-state index is 12.9. The van der Waals surface area contributed by atoms with E-state index in [1.54, 1.807) is 34.9 Å². The number of carbonyl (C=O) groups excluding carboxylic acids is 1. The Kier molecular flexibility index (Phi) is 3.88. The summed E-state index contributed by atoms with van der Waals surface area (Å²) in [5.74, 6) is -0.458. The lowest BCUT2D eigenvalue weighted by atomic mass is 9.99. The van der Waals surface area contributed by atoms with E-state index in [0.717, 1.165) is 23.9 Å². The van der Waals surface area contributed by atoms with E-state index in [1.165, 1.54) is 7.11 Å². The number of para-hydroxylation sites is 3. The van der Waals surface area contributed by atoms with Crippen LogP contribution in [0.5, 0.6) is 11.5 Å². The van der Waals surface area contributed by atoms with E-state index in [0.29, 0.717) is 23.4 Å². The number of benzene rings is 2. The van der Waals surface area contributed by atoms with Crippen LogP contribution < -0.4 is 15.6 Å². The first-order valence-corrected chi connectivity index (χ1v) is 8.43. The second-order valence-corrected chi connectivity index (χ2v) is 6.25. The molecule has 0 unspecified atom stereocenters. The largest absolute Gasteiger partial charge is 0.506 e. The number of carbonyl (C=O) groups is 1. The van der Waals surface area contributed by atoms with Crippen LogP contribution in [0, 0.1) is 0 Å². The smallest absolute Gasteiger partial charge is 0.267 e. The zero-order chi connectivity index (χ0) is 18.3. The third-order valence-corrected chi connectivity index (χ3v) is 4.75. The second-order valence-electron chi connectivity index (χ2n) is 6.25. The van der Waals surface area contributed by atoms with Gasteiger partial charge in [-0.25, -0.2) is 0 Å². The molecule has 0 saturated heterocycles. The van der Waals surface area contributed by atoms with Crippen LogP contribution in [-0.2, 0) is 13.0 Å². The summed E-state index contributed by atoms with van der Waals surface area (Å²) in [4.78, 5) is 25.7. The number of methoxy groups -OCH3 is 1. The molecule has 1 aliphatic rings. The molecule has 0 fully saturated rings. The van der Waals surface area contributed by atoms with Crippen molar-refractivity contribution in [2.75, 3.05) is 12.4 Å². The molecular formula is C20H18N2O4. The van der Waals surface area contributed by atoms with Gasteiger partial charge in [0.1, 0.15) is 17.1 Å². The molecule has 0 spiro atoms. The van der Waals surface area contributed by atoms with Crippen LogP contribution in [-0.4, -0.2) is 22.7 Å². The van der Waals surface area contributed by atoms with Gasteiger partial charge in [0, 0.05) is 11.9 Å². The van der Waals surface area contributed by atoms with Gasteiger partial charge in [-0.3, -0.25) is 9.59 Å². The van der Waals surface area contributed by atoms with Gasteiger partial charge in [0.25, 0.3) is 11.5 Å². The molecule has 26 heavy (non-hydrogen) atoms. The Balaban J connectivity index is 1.87. The second kappa shape index (κ2) is 6.22. The first-order valence-electron chi connectivity index (χ1n) is 8.43. The standard InChI is InChI=1S/C20H18N2O4/c1-26-15-10-3-2-9-14(15)21-19(24)16-18(23)13-8-4-6-12-7-5-11-22(17(12)13)20(16)25/h2-4,6,8-10,23H,5,7,11H2,1H3,(H,21,24). The fraction of sp³-hybridized carbons (Fsp3) is 0.200. The normalized spacial score (nSPS) is 12.8.